The Balaban J connectivity index is 1.35. The van der Waals surface area contributed by atoms with Crippen molar-refractivity contribution in [3.63, 3.8) is 0 Å². The molecule has 1 amide bonds. The molecule has 1 N–H and O–H groups in total. The number of nitrogens with zero attached hydrogens (tertiary/aromatic N) is 5. The summed E-state index contributed by atoms with van der Waals surface area (Å²) in [4.78, 5) is 36.5. The van der Waals surface area contributed by atoms with Gasteiger partial charge in [0.05, 0.1) is 23.7 Å². The molecule has 1 saturated carbocycles. The van der Waals surface area contributed by atoms with E-state index in [9.17, 15) is 14.0 Å². The molecule has 1 aliphatic heterocycles. The van der Waals surface area contributed by atoms with E-state index in [1.54, 1.807) is 39.7 Å². The minimum absolute atomic E-state index is 0.0501. The van der Waals surface area contributed by atoms with Crippen LogP contribution in [-0.2, 0) is 9.53 Å². The maximum absolute atomic E-state index is 13.5. The summed E-state index contributed by atoms with van der Waals surface area (Å²) in [5.41, 5.74) is 1.57. The summed E-state index contributed by atoms with van der Waals surface area (Å²) in [6, 6.07) is 8.03. The Labute approximate surface area is 208 Å². The molecule has 0 spiro atoms. The third kappa shape index (κ3) is 4.90. The maximum atomic E-state index is 13.5. The van der Waals surface area contributed by atoms with Crippen molar-refractivity contribution in [1.82, 2.24) is 24.0 Å². The SMILES string of the molecule is CC(C)n1cc(-c2ccnc(NC3CCC(N4CCOCC4=O)CC3)n2)n(-c2ccc(F)cc2)c1=O. The number of morpholine rings is 1. The lowest BCUT2D eigenvalue weighted by Gasteiger charge is -2.38. The molecule has 190 valence electrons. The first-order valence-corrected chi connectivity index (χ1v) is 12.5. The van der Waals surface area contributed by atoms with Crippen molar-refractivity contribution in [3.8, 4) is 17.1 Å². The molecular formula is C26H31FN6O3. The van der Waals surface area contributed by atoms with Gasteiger partial charge in [0.15, 0.2) is 0 Å². The van der Waals surface area contributed by atoms with Crippen molar-refractivity contribution in [3.05, 3.63) is 59.0 Å². The van der Waals surface area contributed by atoms with Gasteiger partial charge in [-0.2, -0.15) is 0 Å². The van der Waals surface area contributed by atoms with E-state index < -0.39 is 0 Å². The number of hydrogen-bond donors (Lipinski definition) is 1. The minimum atomic E-state index is -0.363. The summed E-state index contributed by atoms with van der Waals surface area (Å²) in [6.07, 6.45) is 7.12. The van der Waals surface area contributed by atoms with E-state index in [0.29, 0.717) is 36.2 Å². The summed E-state index contributed by atoms with van der Waals surface area (Å²) in [5.74, 6) is 0.209. The molecule has 1 aromatic carbocycles. The van der Waals surface area contributed by atoms with Crippen LogP contribution in [0, 0.1) is 5.82 Å². The average molecular weight is 495 g/mol. The molecular weight excluding hydrogens is 463 g/mol. The van der Waals surface area contributed by atoms with E-state index in [0.717, 1.165) is 25.7 Å². The van der Waals surface area contributed by atoms with Gasteiger partial charge in [0.1, 0.15) is 12.4 Å². The van der Waals surface area contributed by atoms with E-state index >= 15 is 0 Å². The van der Waals surface area contributed by atoms with Gasteiger partial charge in [-0.05, 0) is 69.9 Å². The predicted octanol–water partition coefficient (Wildman–Crippen LogP) is 3.40. The lowest BCUT2D eigenvalue weighted by Crippen LogP contribution is -2.49. The van der Waals surface area contributed by atoms with Crippen LogP contribution in [0.15, 0.2) is 47.5 Å². The fourth-order valence-corrected chi connectivity index (χ4v) is 5.06. The molecule has 1 aliphatic carbocycles. The number of nitrogens with one attached hydrogen (secondary N) is 1. The number of anilines is 1. The first-order chi connectivity index (χ1) is 17.4. The number of hydrogen-bond acceptors (Lipinski definition) is 6. The second kappa shape index (κ2) is 10.2. The van der Waals surface area contributed by atoms with Crippen LogP contribution in [0.3, 0.4) is 0 Å². The van der Waals surface area contributed by atoms with Gasteiger partial charge < -0.3 is 15.0 Å². The highest BCUT2D eigenvalue weighted by Gasteiger charge is 2.30. The molecule has 2 aromatic heterocycles. The van der Waals surface area contributed by atoms with E-state index in [1.807, 2.05) is 18.7 Å². The smallest absolute Gasteiger partial charge is 0.333 e. The molecule has 0 unspecified atom stereocenters. The van der Waals surface area contributed by atoms with E-state index in [2.05, 4.69) is 10.3 Å². The van der Waals surface area contributed by atoms with Gasteiger partial charge >= 0.3 is 5.69 Å². The molecule has 9 nitrogen and oxygen atoms in total. The van der Waals surface area contributed by atoms with Crippen LogP contribution in [0.5, 0.6) is 0 Å². The summed E-state index contributed by atoms with van der Waals surface area (Å²) in [7, 11) is 0. The molecule has 3 heterocycles. The molecule has 36 heavy (non-hydrogen) atoms. The zero-order valence-corrected chi connectivity index (χ0v) is 20.6. The van der Waals surface area contributed by atoms with Crippen molar-refractivity contribution in [1.29, 1.82) is 0 Å². The topological polar surface area (TPSA) is 94.3 Å². The summed E-state index contributed by atoms with van der Waals surface area (Å²) >= 11 is 0. The zero-order chi connectivity index (χ0) is 25.2. The van der Waals surface area contributed by atoms with Crippen LogP contribution in [-0.4, -0.2) is 61.8 Å². The third-order valence-electron chi connectivity index (χ3n) is 6.97. The largest absolute Gasteiger partial charge is 0.370 e. The van der Waals surface area contributed by atoms with Gasteiger partial charge in [-0.1, -0.05) is 0 Å². The van der Waals surface area contributed by atoms with Crippen LogP contribution < -0.4 is 11.0 Å². The first kappa shape index (κ1) is 24.2. The Morgan fingerprint density at radius 2 is 1.83 bits per heavy atom. The van der Waals surface area contributed by atoms with Gasteiger partial charge in [0.2, 0.25) is 11.9 Å². The van der Waals surface area contributed by atoms with Crippen molar-refractivity contribution < 1.29 is 13.9 Å². The molecule has 2 aliphatic rings. The van der Waals surface area contributed by atoms with Crippen molar-refractivity contribution in [2.45, 2.75) is 57.7 Å². The second-order valence-electron chi connectivity index (χ2n) is 9.66. The van der Waals surface area contributed by atoms with Crippen molar-refractivity contribution in [2.24, 2.45) is 0 Å². The molecule has 0 bridgehead atoms. The number of imidazole rings is 1. The lowest BCUT2D eigenvalue weighted by atomic mass is 9.90. The lowest BCUT2D eigenvalue weighted by molar-refractivity contribution is -0.146. The molecule has 10 heteroatoms. The van der Waals surface area contributed by atoms with Crippen LogP contribution in [0.4, 0.5) is 10.3 Å². The second-order valence-corrected chi connectivity index (χ2v) is 9.66. The van der Waals surface area contributed by atoms with Gasteiger partial charge in [0, 0.05) is 37.1 Å². The summed E-state index contributed by atoms with van der Waals surface area (Å²) in [5, 5.41) is 3.44. The fraction of sp³-hybridized carbons (Fsp3) is 0.462. The minimum Gasteiger partial charge on any atom is -0.370 e. The predicted molar refractivity (Wildman–Crippen MR) is 134 cm³/mol. The Bertz CT molecular complexity index is 1280. The highest BCUT2D eigenvalue weighted by atomic mass is 19.1. The molecule has 2 fully saturated rings. The fourth-order valence-electron chi connectivity index (χ4n) is 5.06. The monoisotopic (exact) mass is 494 g/mol. The van der Waals surface area contributed by atoms with Crippen LogP contribution >= 0.6 is 0 Å². The van der Waals surface area contributed by atoms with E-state index in [4.69, 9.17) is 9.72 Å². The van der Waals surface area contributed by atoms with Gasteiger partial charge in [-0.25, -0.2) is 19.2 Å². The molecule has 3 aromatic rings. The molecule has 0 radical (unpaired) electrons. The number of carbonyl (C=O) groups is 1. The number of aromatic nitrogens is 4. The molecule has 1 saturated heterocycles. The van der Waals surface area contributed by atoms with Crippen molar-refractivity contribution >= 4 is 11.9 Å². The van der Waals surface area contributed by atoms with Crippen LogP contribution in [0.2, 0.25) is 0 Å². The maximum Gasteiger partial charge on any atom is 0.333 e. The van der Waals surface area contributed by atoms with Gasteiger partial charge in [-0.3, -0.25) is 13.9 Å². The normalized spacial score (nSPS) is 20.7. The standard InChI is InChI=1S/C26H31FN6O3/c1-17(2)32-15-23(33(26(32)35)21-7-3-18(27)4-8-21)22-11-12-28-25(30-22)29-19-5-9-20(10-6-19)31-13-14-36-16-24(31)34/h3-4,7-8,11-12,15,17,19-20H,5-6,9-10,13-14,16H2,1-2H3,(H,28,29,30). The first-order valence-electron chi connectivity index (χ1n) is 12.5. The third-order valence-corrected chi connectivity index (χ3v) is 6.97. The average Bonchev–Trinajstić information content (AvgIpc) is 3.23. The Morgan fingerprint density at radius 1 is 1.08 bits per heavy atom. The van der Waals surface area contributed by atoms with E-state index in [1.165, 1.54) is 12.1 Å². The Morgan fingerprint density at radius 3 is 2.53 bits per heavy atom. The number of halogens is 1. The summed E-state index contributed by atoms with van der Waals surface area (Å²) in [6.45, 7) is 5.33. The van der Waals surface area contributed by atoms with Crippen LogP contribution in [0.25, 0.3) is 17.1 Å². The number of amides is 1. The highest BCUT2D eigenvalue weighted by Crippen LogP contribution is 2.27. The summed E-state index contributed by atoms with van der Waals surface area (Å²) < 4.78 is 22.0. The van der Waals surface area contributed by atoms with E-state index in [-0.39, 0.29) is 42.1 Å². The Hall–Kier alpha value is -3.53. The highest BCUT2D eigenvalue weighted by molar-refractivity contribution is 5.78. The van der Waals surface area contributed by atoms with Crippen LogP contribution in [0.1, 0.15) is 45.6 Å². The quantitative estimate of drug-likeness (QED) is 0.565. The molecule has 5 rings (SSSR count). The molecule has 0 atom stereocenters. The van der Waals surface area contributed by atoms with Crippen molar-refractivity contribution in [2.75, 3.05) is 25.1 Å². The van der Waals surface area contributed by atoms with Gasteiger partial charge in [-0.15, -0.1) is 0 Å². The number of benzene rings is 1. The van der Waals surface area contributed by atoms with Gasteiger partial charge in [0.25, 0.3) is 0 Å². The number of ether oxygens (including phenoxy) is 1. The zero-order valence-electron chi connectivity index (χ0n) is 20.6. The number of rotatable bonds is 6. The Kier molecular flexibility index (Phi) is 6.86. The number of carbonyl (C=O) groups excluding carboxylic acids is 1.